The lowest BCUT2D eigenvalue weighted by Crippen LogP contribution is -2.28. The minimum absolute atomic E-state index is 0.0800. The van der Waals surface area contributed by atoms with Gasteiger partial charge in [0.05, 0.1) is 0 Å². The van der Waals surface area contributed by atoms with Gasteiger partial charge in [0, 0.05) is 16.8 Å². The number of nitrogens with one attached hydrogen (secondary N) is 1. The molecule has 0 saturated carbocycles. The Morgan fingerprint density at radius 3 is 2.57 bits per heavy atom. The molecule has 14 heavy (non-hydrogen) atoms. The Kier molecular flexibility index (Phi) is 1.91. The van der Waals surface area contributed by atoms with Crippen LogP contribution in [0.3, 0.4) is 0 Å². The van der Waals surface area contributed by atoms with Gasteiger partial charge in [-0.2, -0.15) is 0 Å². The minimum Gasteiger partial charge on any atom is -0.358 e. The molecule has 1 heteroatoms. The molecular weight excluding hydrogens is 170 g/mol. The van der Waals surface area contributed by atoms with Crippen LogP contribution in [-0.2, 0) is 5.41 Å². The van der Waals surface area contributed by atoms with Crippen molar-refractivity contribution in [1.82, 2.24) is 0 Å². The molecule has 0 aromatic heterocycles. The molecule has 0 amide bonds. The van der Waals surface area contributed by atoms with Crippen LogP contribution in [0.15, 0.2) is 36.5 Å². The third kappa shape index (κ3) is 1.02. The summed E-state index contributed by atoms with van der Waals surface area (Å²) >= 11 is 0. The van der Waals surface area contributed by atoms with Crippen molar-refractivity contribution < 1.29 is 0 Å². The van der Waals surface area contributed by atoms with E-state index in [-0.39, 0.29) is 5.41 Å². The predicted molar refractivity (Wildman–Crippen MR) is 61.4 cm³/mol. The lowest BCUT2D eigenvalue weighted by atomic mass is 9.73. The van der Waals surface area contributed by atoms with Crippen LogP contribution in [0.25, 0.3) is 0 Å². The van der Waals surface area contributed by atoms with Gasteiger partial charge in [-0.15, -0.1) is 0 Å². The summed E-state index contributed by atoms with van der Waals surface area (Å²) in [4.78, 5) is 0. The summed E-state index contributed by atoms with van der Waals surface area (Å²) in [5, 5.41) is 3.37. The second kappa shape index (κ2) is 2.88. The van der Waals surface area contributed by atoms with Crippen molar-refractivity contribution in [3.05, 3.63) is 42.1 Å². The first-order chi connectivity index (χ1) is 6.56. The van der Waals surface area contributed by atoms with E-state index in [1.165, 1.54) is 11.3 Å². The highest BCUT2D eigenvalue weighted by Gasteiger charge is 2.40. The lowest BCUT2D eigenvalue weighted by molar-refractivity contribution is 0.412. The Balaban J connectivity index is 2.60. The fourth-order valence-electron chi connectivity index (χ4n) is 2.16. The van der Waals surface area contributed by atoms with Gasteiger partial charge < -0.3 is 5.32 Å². The number of para-hydroxylation sites is 1. The minimum atomic E-state index is 0.0800. The van der Waals surface area contributed by atoms with Gasteiger partial charge in [0.15, 0.2) is 0 Å². The Hall–Kier alpha value is -1.24. The third-order valence-electron chi connectivity index (χ3n) is 3.55. The van der Waals surface area contributed by atoms with E-state index in [0.29, 0.717) is 5.92 Å². The zero-order valence-corrected chi connectivity index (χ0v) is 9.09. The van der Waals surface area contributed by atoms with E-state index in [1.54, 1.807) is 0 Å². The molecule has 0 radical (unpaired) electrons. The summed E-state index contributed by atoms with van der Waals surface area (Å²) in [7, 11) is 0. The molecule has 1 aliphatic rings. The van der Waals surface area contributed by atoms with Crippen molar-refractivity contribution >= 4 is 5.69 Å². The Morgan fingerprint density at radius 2 is 1.93 bits per heavy atom. The molecule has 0 unspecified atom stereocenters. The monoisotopic (exact) mass is 187 g/mol. The second-order valence-corrected chi connectivity index (χ2v) is 4.51. The number of allylic oxidation sites excluding steroid dienone is 1. The van der Waals surface area contributed by atoms with Gasteiger partial charge in [-0.1, -0.05) is 38.6 Å². The molecule has 1 atom stereocenters. The molecule has 0 spiro atoms. The molecule has 1 nitrogen and oxygen atoms in total. The van der Waals surface area contributed by atoms with Crippen LogP contribution < -0.4 is 5.32 Å². The van der Waals surface area contributed by atoms with E-state index in [0.717, 1.165) is 5.70 Å². The van der Waals surface area contributed by atoms with Gasteiger partial charge in [0.1, 0.15) is 0 Å². The van der Waals surface area contributed by atoms with Crippen molar-refractivity contribution in [2.24, 2.45) is 5.92 Å². The van der Waals surface area contributed by atoms with Crippen LogP contribution in [0.2, 0.25) is 0 Å². The summed E-state index contributed by atoms with van der Waals surface area (Å²) in [5.41, 5.74) is 3.79. The molecule has 0 saturated heterocycles. The van der Waals surface area contributed by atoms with Crippen LogP contribution in [-0.4, -0.2) is 0 Å². The van der Waals surface area contributed by atoms with E-state index in [9.17, 15) is 0 Å². The molecular formula is C13H17N. The Morgan fingerprint density at radius 1 is 1.29 bits per heavy atom. The summed E-state index contributed by atoms with van der Waals surface area (Å²) < 4.78 is 0. The van der Waals surface area contributed by atoms with Crippen LogP contribution in [0, 0.1) is 5.92 Å². The van der Waals surface area contributed by atoms with Crippen LogP contribution in [0.1, 0.15) is 26.3 Å². The quantitative estimate of drug-likeness (QED) is 0.709. The molecule has 1 heterocycles. The van der Waals surface area contributed by atoms with Gasteiger partial charge in [-0.05, 0) is 24.5 Å². The zero-order chi connectivity index (χ0) is 10.3. The van der Waals surface area contributed by atoms with Gasteiger partial charge in [0.2, 0.25) is 0 Å². The maximum absolute atomic E-state index is 4.13. The highest BCUT2D eigenvalue weighted by Crippen LogP contribution is 2.47. The Labute approximate surface area is 85.8 Å². The van der Waals surface area contributed by atoms with Gasteiger partial charge in [-0.25, -0.2) is 0 Å². The lowest BCUT2D eigenvalue weighted by Gasteiger charge is -2.30. The van der Waals surface area contributed by atoms with E-state index in [4.69, 9.17) is 0 Å². The summed E-state index contributed by atoms with van der Waals surface area (Å²) in [5.74, 6) is 0.561. The summed E-state index contributed by atoms with van der Waals surface area (Å²) in [6.45, 7) is 10.9. The van der Waals surface area contributed by atoms with Crippen molar-refractivity contribution in [3.63, 3.8) is 0 Å². The molecule has 0 aliphatic carbocycles. The average Bonchev–Trinajstić information content (AvgIpc) is 2.41. The van der Waals surface area contributed by atoms with E-state index in [2.05, 4.69) is 56.9 Å². The standard InChI is InChI=1S/C13H17N/c1-9(2)13(4)10(3)14-12-8-6-5-7-11(12)13/h5-9,14H,3H2,1-2,4H3/t13-/m0/s1. The topological polar surface area (TPSA) is 12.0 Å². The number of fused-ring (bicyclic) bond motifs is 1. The summed E-state index contributed by atoms with van der Waals surface area (Å²) in [6.07, 6.45) is 0. The molecule has 1 aromatic carbocycles. The van der Waals surface area contributed by atoms with Crippen LogP contribution >= 0.6 is 0 Å². The van der Waals surface area contributed by atoms with Gasteiger partial charge in [0.25, 0.3) is 0 Å². The molecule has 0 fully saturated rings. The van der Waals surface area contributed by atoms with Crippen molar-refractivity contribution in [1.29, 1.82) is 0 Å². The third-order valence-corrected chi connectivity index (χ3v) is 3.55. The molecule has 1 N–H and O–H groups in total. The normalized spacial score (nSPS) is 25.0. The smallest absolute Gasteiger partial charge is 0.0424 e. The molecule has 0 bridgehead atoms. The Bertz CT molecular complexity index is 379. The van der Waals surface area contributed by atoms with E-state index >= 15 is 0 Å². The maximum atomic E-state index is 4.13. The number of hydrogen-bond donors (Lipinski definition) is 1. The maximum Gasteiger partial charge on any atom is 0.0424 e. The number of anilines is 1. The fraction of sp³-hybridized carbons (Fsp3) is 0.385. The first-order valence-corrected chi connectivity index (χ1v) is 5.12. The average molecular weight is 187 g/mol. The highest BCUT2D eigenvalue weighted by molar-refractivity contribution is 5.67. The predicted octanol–water partition coefficient (Wildman–Crippen LogP) is 3.54. The number of hydrogen-bond acceptors (Lipinski definition) is 1. The molecule has 1 aromatic rings. The highest BCUT2D eigenvalue weighted by atomic mass is 15.0. The summed E-state index contributed by atoms with van der Waals surface area (Å²) in [6, 6.07) is 8.47. The first kappa shape index (κ1) is 9.32. The van der Waals surface area contributed by atoms with Crippen molar-refractivity contribution in [3.8, 4) is 0 Å². The van der Waals surface area contributed by atoms with Gasteiger partial charge in [-0.3, -0.25) is 0 Å². The first-order valence-electron chi connectivity index (χ1n) is 5.12. The van der Waals surface area contributed by atoms with Crippen molar-refractivity contribution in [2.75, 3.05) is 5.32 Å². The van der Waals surface area contributed by atoms with Crippen LogP contribution in [0.4, 0.5) is 5.69 Å². The molecule has 1 aliphatic heterocycles. The SMILES string of the molecule is C=C1Nc2ccccc2[C@@]1(C)C(C)C. The van der Waals surface area contributed by atoms with Crippen molar-refractivity contribution in [2.45, 2.75) is 26.2 Å². The number of benzene rings is 1. The molecule has 74 valence electrons. The van der Waals surface area contributed by atoms with Gasteiger partial charge >= 0.3 is 0 Å². The second-order valence-electron chi connectivity index (χ2n) is 4.51. The fourth-order valence-corrected chi connectivity index (χ4v) is 2.16. The van der Waals surface area contributed by atoms with Crippen LogP contribution in [0.5, 0.6) is 0 Å². The van der Waals surface area contributed by atoms with E-state index in [1.807, 2.05) is 0 Å². The molecule has 2 rings (SSSR count). The van der Waals surface area contributed by atoms with E-state index < -0.39 is 0 Å². The zero-order valence-electron chi connectivity index (χ0n) is 9.09. The largest absolute Gasteiger partial charge is 0.358 e. The number of rotatable bonds is 1.